The first kappa shape index (κ1) is 15.9. The van der Waals surface area contributed by atoms with E-state index in [1.54, 1.807) is 0 Å². The molecule has 112 valence electrons. The lowest BCUT2D eigenvalue weighted by atomic mass is 9.85. The summed E-state index contributed by atoms with van der Waals surface area (Å²) < 4.78 is 40.8. The van der Waals surface area contributed by atoms with Gasteiger partial charge in [0.25, 0.3) is 0 Å². The number of hydrogen-bond acceptors (Lipinski definition) is 3. The van der Waals surface area contributed by atoms with Crippen LogP contribution in [0.1, 0.15) is 25.7 Å². The summed E-state index contributed by atoms with van der Waals surface area (Å²) in [7, 11) is -3.67. The van der Waals surface area contributed by atoms with Crippen LogP contribution in [0.4, 0.5) is 4.39 Å². The van der Waals surface area contributed by atoms with E-state index in [-0.39, 0.29) is 21.3 Å². The molecule has 0 aliphatic heterocycles. The molecular weight excluding hydrogens is 347 g/mol. The standard InChI is InChI=1S/C13H18BrFN2O2S/c14-11-7-10(15)5-6-13(11)20(18,19)17-12-4-2-1-3-9(12)8-16/h5-7,9,12,17H,1-4,8,16H2. The van der Waals surface area contributed by atoms with E-state index < -0.39 is 15.8 Å². The molecule has 0 heterocycles. The van der Waals surface area contributed by atoms with Gasteiger partial charge >= 0.3 is 0 Å². The highest BCUT2D eigenvalue weighted by molar-refractivity contribution is 9.10. The third-order valence-corrected chi connectivity index (χ3v) is 6.17. The Hall–Kier alpha value is -0.500. The fourth-order valence-electron chi connectivity index (χ4n) is 2.60. The van der Waals surface area contributed by atoms with Crippen molar-refractivity contribution in [2.24, 2.45) is 11.7 Å². The predicted molar refractivity (Wildman–Crippen MR) is 79.2 cm³/mol. The van der Waals surface area contributed by atoms with Crippen LogP contribution < -0.4 is 10.5 Å². The predicted octanol–water partition coefficient (Wildman–Crippen LogP) is 2.38. The first-order chi connectivity index (χ1) is 9.44. The summed E-state index contributed by atoms with van der Waals surface area (Å²) in [6.45, 7) is 0.470. The highest BCUT2D eigenvalue weighted by Gasteiger charge is 2.29. The van der Waals surface area contributed by atoms with E-state index in [1.165, 1.54) is 6.07 Å². The summed E-state index contributed by atoms with van der Waals surface area (Å²) in [5.41, 5.74) is 5.71. The maximum absolute atomic E-state index is 13.0. The van der Waals surface area contributed by atoms with E-state index in [1.807, 2.05) is 0 Å². The molecule has 0 radical (unpaired) electrons. The second kappa shape index (κ2) is 6.51. The second-order valence-corrected chi connectivity index (χ2v) is 7.62. The topological polar surface area (TPSA) is 72.2 Å². The Kier molecular flexibility index (Phi) is 5.17. The molecule has 2 rings (SSSR count). The van der Waals surface area contributed by atoms with Gasteiger partial charge < -0.3 is 5.73 Å². The summed E-state index contributed by atoms with van der Waals surface area (Å²) in [6.07, 6.45) is 3.81. The van der Waals surface area contributed by atoms with Crippen molar-refractivity contribution in [3.05, 3.63) is 28.5 Å². The van der Waals surface area contributed by atoms with Gasteiger partial charge in [0.1, 0.15) is 5.82 Å². The lowest BCUT2D eigenvalue weighted by Crippen LogP contribution is -2.44. The molecule has 0 aromatic heterocycles. The lowest BCUT2D eigenvalue weighted by Gasteiger charge is -2.31. The second-order valence-electron chi connectivity index (χ2n) is 5.08. The minimum Gasteiger partial charge on any atom is -0.330 e. The van der Waals surface area contributed by atoms with Gasteiger partial charge in [0.2, 0.25) is 10.0 Å². The van der Waals surface area contributed by atoms with E-state index in [0.29, 0.717) is 6.54 Å². The smallest absolute Gasteiger partial charge is 0.241 e. The molecule has 2 atom stereocenters. The lowest BCUT2D eigenvalue weighted by molar-refractivity contribution is 0.296. The molecule has 2 unspecified atom stereocenters. The van der Waals surface area contributed by atoms with Crippen molar-refractivity contribution in [3.8, 4) is 0 Å². The number of nitrogens with two attached hydrogens (primary N) is 1. The Morgan fingerprint density at radius 3 is 2.70 bits per heavy atom. The highest BCUT2D eigenvalue weighted by Crippen LogP contribution is 2.27. The van der Waals surface area contributed by atoms with Crippen LogP contribution in [-0.2, 0) is 10.0 Å². The summed E-state index contributed by atoms with van der Waals surface area (Å²) in [4.78, 5) is 0.0558. The molecule has 4 nitrogen and oxygen atoms in total. The SMILES string of the molecule is NCC1CCCCC1NS(=O)(=O)c1ccc(F)cc1Br. The van der Waals surface area contributed by atoms with Crippen LogP contribution in [0.25, 0.3) is 0 Å². The fraction of sp³-hybridized carbons (Fsp3) is 0.538. The third kappa shape index (κ3) is 3.58. The zero-order chi connectivity index (χ0) is 14.8. The zero-order valence-electron chi connectivity index (χ0n) is 11.0. The van der Waals surface area contributed by atoms with Crippen molar-refractivity contribution in [1.29, 1.82) is 0 Å². The largest absolute Gasteiger partial charge is 0.330 e. The van der Waals surface area contributed by atoms with E-state index >= 15 is 0 Å². The van der Waals surface area contributed by atoms with Crippen molar-refractivity contribution in [3.63, 3.8) is 0 Å². The maximum atomic E-state index is 13.0. The Morgan fingerprint density at radius 2 is 2.05 bits per heavy atom. The maximum Gasteiger partial charge on any atom is 0.241 e. The fourth-order valence-corrected chi connectivity index (χ4v) is 4.99. The molecule has 1 aromatic rings. The summed E-state index contributed by atoms with van der Waals surface area (Å²) in [6, 6.07) is 3.41. The normalized spacial score (nSPS) is 23.8. The van der Waals surface area contributed by atoms with Gasteiger partial charge in [-0.3, -0.25) is 0 Å². The summed E-state index contributed by atoms with van der Waals surface area (Å²) >= 11 is 3.10. The van der Waals surface area contributed by atoms with E-state index in [2.05, 4.69) is 20.7 Å². The van der Waals surface area contributed by atoms with Gasteiger partial charge in [-0.1, -0.05) is 12.8 Å². The molecule has 1 fully saturated rings. The Morgan fingerprint density at radius 1 is 1.35 bits per heavy atom. The van der Waals surface area contributed by atoms with Crippen molar-refractivity contribution in [1.82, 2.24) is 4.72 Å². The van der Waals surface area contributed by atoms with Gasteiger partial charge in [-0.2, -0.15) is 0 Å². The van der Waals surface area contributed by atoms with Crippen LogP contribution in [0.15, 0.2) is 27.6 Å². The first-order valence-corrected chi connectivity index (χ1v) is 8.89. The molecule has 1 aromatic carbocycles. The number of rotatable bonds is 4. The molecular formula is C13H18BrFN2O2S. The monoisotopic (exact) mass is 364 g/mol. The number of halogens is 2. The number of benzene rings is 1. The molecule has 0 saturated heterocycles. The van der Waals surface area contributed by atoms with Gasteiger partial charge in [0.15, 0.2) is 0 Å². The van der Waals surface area contributed by atoms with Crippen LogP contribution in [0.2, 0.25) is 0 Å². The molecule has 0 bridgehead atoms. The molecule has 3 N–H and O–H groups in total. The third-order valence-electron chi connectivity index (χ3n) is 3.70. The van der Waals surface area contributed by atoms with Crippen LogP contribution in [-0.4, -0.2) is 21.0 Å². The minimum atomic E-state index is -3.67. The molecule has 1 aliphatic carbocycles. The van der Waals surface area contributed by atoms with Crippen molar-refractivity contribution in [2.45, 2.75) is 36.6 Å². The number of sulfonamides is 1. The van der Waals surface area contributed by atoms with Crippen LogP contribution in [0.3, 0.4) is 0 Å². The first-order valence-electron chi connectivity index (χ1n) is 6.61. The zero-order valence-corrected chi connectivity index (χ0v) is 13.4. The summed E-state index contributed by atoms with van der Waals surface area (Å²) in [5.74, 6) is -0.314. The number of nitrogens with one attached hydrogen (secondary N) is 1. The minimum absolute atomic E-state index is 0.0558. The number of hydrogen-bond donors (Lipinski definition) is 2. The van der Waals surface area contributed by atoms with Crippen LogP contribution in [0, 0.1) is 11.7 Å². The van der Waals surface area contributed by atoms with Crippen molar-refractivity contribution in [2.75, 3.05) is 6.54 Å². The molecule has 20 heavy (non-hydrogen) atoms. The molecule has 0 amide bonds. The quantitative estimate of drug-likeness (QED) is 0.861. The van der Waals surface area contributed by atoms with Gasteiger partial charge in [0.05, 0.1) is 4.90 Å². The summed E-state index contributed by atoms with van der Waals surface area (Å²) in [5, 5.41) is 0. The average molecular weight is 365 g/mol. The van der Waals surface area contributed by atoms with Crippen LogP contribution in [0.5, 0.6) is 0 Å². The van der Waals surface area contributed by atoms with Gasteiger partial charge in [-0.05, 0) is 59.4 Å². The highest BCUT2D eigenvalue weighted by atomic mass is 79.9. The van der Waals surface area contributed by atoms with E-state index in [9.17, 15) is 12.8 Å². The Labute approximate surface area is 127 Å². The van der Waals surface area contributed by atoms with Crippen LogP contribution >= 0.6 is 15.9 Å². The molecule has 7 heteroatoms. The van der Waals surface area contributed by atoms with Crippen molar-refractivity contribution < 1.29 is 12.8 Å². The van der Waals surface area contributed by atoms with Gasteiger partial charge in [-0.25, -0.2) is 17.5 Å². The Bertz CT molecular complexity index is 580. The van der Waals surface area contributed by atoms with Crippen molar-refractivity contribution >= 4 is 26.0 Å². The van der Waals surface area contributed by atoms with Gasteiger partial charge in [0, 0.05) is 10.5 Å². The van der Waals surface area contributed by atoms with E-state index in [0.717, 1.165) is 37.8 Å². The van der Waals surface area contributed by atoms with Gasteiger partial charge in [-0.15, -0.1) is 0 Å². The molecule has 1 saturated carbocycles. The average Bonchev–Trinajstić information content (AvgIpc) is 2.38. The van der Waals surface area contributed by atoms with E-state index in [4.69, 9.17) is 5.73 Å². The Balaban J connectivity index is 2.22. The molecule has 0 spiro atoms. The molecule has 1 aliphatic rings.